The van der Waals surface area contributed by atoms with Gasteiger partial charge in [-0.2, -0.15) is 5.10 Å². The van der Waals surface area contributed by atoms with Crippen molar-refractivity contribution in [2.75, 3.05) is 20.3 Å². The average molecular weight is 367 g/mol. The van der Waals surface area contributed by atoms with Gasteiger partial charge >= 0.3 is 0 Å². The number of methoxy groups -OCH3 is 1. The summed E-state index contributed by atoms with van der Waals surface area (Å²) in [6.45, 7) is 0.695. The molecule has 0 atom stereocenters. The molecular weight excluding hydrogens is 346 g/mol. The Morgan fingerprint density at radius 3 is 2.63 bits per heavy atom. The van der Waals surface area contributed by atoms with E-state index in [1.165, 1.54) is 4.68 Å². The van der Waals surface area contributed by atoms with Crippen molar-refractivity contribution in [3.63, 3.8) is 0 Å². The number of rotatable bonds is 7. The molecule has 0 spiro atoms. The zero-order valence-electron chi connectivity index (χ0n) is 15.3. The van der Waals surface area contributed by atoms with Gasteiger partial charge in [0, 0.05) is 18.5 Å². The minimum atomic E-state index is -0.180. The highest BCUT2D eigenvalue weighted by atomic mass is 16.5. The number of nitrogens with zero attached hydrogens (tertiary/aromatic N) is 2. The summed E-state index contributed by atoms with van der Waals surface area (Å²) in [5.41, 5.74) is 0.389. The number of carbonyl (C=O) groups is 1. The minimum absolute atomic E-state index is 0.0911. The molecule has 0 radical (unpaired) electrons. The van der Waals surface area contributed by atoms with E-state index >= 15 is 0 Å². The Labute approximate surface area is 156 Å². The quantitative estimate of drug-likeness (QED) is 0.643. The highest BCUT2D eigenvalue weighted by Crippen LogP contribution is 2.18. The molecule has 140 valence electrons. The van der Waals surface area contributed by atoms with E-state index in [2.05, 4.69) is 10.4 Å². The summed E-state index contributed by atoms with van der Waals surface area (Å²) in [7, 11) is 3.18. The van der Waals surface area contributed by atoms with Gasteiger partial charge in [0.1, 0.15) is 18.1 Å². The zero-order chi connectivity index (χ0) is 19.2. The van der Waals surface area contributed by atoms with Crippen LogP contribution in [0, 0.1) is 0 Å². The first-order valence-electron chi connectivity index (χ1n) is 8.57. The van der Waals surface area contributed by atoms with E-state index in [-0.39, 0.29) is 17.9 Å². The molecule has 0 aliphatic heterocycles. The Morgan fingerprint density at radius 1 is 1.11 bits per heavy atom. The first-order valence-corrected chi connectivity index (χ1v) is 8.57. The lowest BCUT2D eigenvalue weighted by molar-refractivity contribution is -0.120. The molecule has 0 aliphatic rings. The second-order valence-corrected chi connectivity index (χ2v) is 5.98. The van der Waals surface area contributed by atoms with Crippen molar-refractivity contribution in [3.8, 4) is 11.5 Å². The minimum Gasteiger partial charge on any atom is -0.497 e. The molecule has 2 aromatic carbocycles. The van der Waals surface area contributed by atoms with Crippen LogP contribution in [0.1, 0.15) is 5.69 Å². The highest BCUT2D eigenvalue weighted by molar-refractivity contribution is 5.88. The Bertz CT molecular complexity index is 1010. The van der Waals surface area contributed by atoms with Crippen LogP contribution in [-0.4, -0.2) is 35.9 Å². The third-order valence-electron chi connectivity index (χ3n) is 4.10. The van der Waals surface area contributed by atoms with Crippen LogP contribution in [0.3, 0.4) is 0 Å². The van der Waals surface area contributed by atoms with Gasteiger partial charge in [-0.1, -0.05) is 24.3 Å². The molecule has 0 aliphatic carbocycles. The van der Waals surface area contributed by atoms with Crippen molar-refractivity contribution < 1.29 is 14.3 Å². The Morgan fingerprint density at radius 2 is 1.85 bits per heavy atom. The number of fused-ring (bicyclic) bond motifs is 1. The summed E-state index contributed by atoms with van der Waals surface area (Å²) in [6, 6.07) is 14.4. The maximum absolute atomic E-state index is 12.3. The van der Waals surface area contributed by atoms with Crippen molar-refractivity contribution in [1.82, 2.24) is 15.1 Å². The standard InChI is InChI=1S/C20H21N3O4/c1-23-20(25)17-9-4-3-8-16(17)18(22-23)13-19(24)21-10-11-27-15-7-5-6-14(12-15)26-2/h3-9,12H,10-11,13H2,1-2H3,(H,21,24). The van der Waals surface area contributed by atoms with Crippen molar-refractivity contribution in [3.05, 3.63) is 64.6 Å². The molecule has 7 nitrogen and oxygen atoms in total. The molecule has 1 aromatic heterocycles. The lowest BCUT2D eigenvalue weighted by Gasteiger charge is -2.10. The van der Waals surface area contributed by atoms with Crippen molar-refractivity contribution in [2.24, 2.45) is 7.05 Å². The second kappa shape index (κ2) is 8.35. The lowest BCUT2D eigenvalue weighted by atomic mass is 10.1. The van der Waals surface area contributed by atoms with Crippen molar-refractivity contribution >= 4 is 16.7 Å². The van der Waals surface area contributed by atoms with Crippen molar-refractivity contribution in [2.45, 2.75) is 6.42 Å². The number of carbonyl (C=O) groups excluding carboxylic acids is 1. The maximum Gasteiger partial charge on any atom is 0.274 e. The average Bonchev–Trinajstić information content (AvgIpc) is 2.69. The van der Waals surface area contributed by atoms with E-state index in [1.807, 2.05) is 24.3 Å². The third kappa shape index (κ3) is 4.44. The van der Waals surface area contributed by atoms with Crippen LogP contribution in [0.15, 0.2) is 53.3 Å². The summed E-state index contributed by atoms with van der Waals surface area (Å²) in [5.74, 6) is 1.21. The van der Waals surface area contributed by atoms with Crippen LogP contribution in [0.2, 0.25) is 0 Å². The fourth-order valence-electron chi connectivity index (χ4n) is 2.77. The predicted octanol–water partition coefficient (Wildman–Crippen LogP) is 1.68. The van der Waals surface area contributed by atoms with E-state index in [0.29, 0.717) is 41.1 Å². The van der Waals surface area contributed by atoms with E-state index in [4.69, 9.17) is 9.47 Å². The topological polar surface area (TPSA) is 82.4 Å². The number of aryl methyl sites for hydroxylation is 1. The molecule has 0 unspecified atom stereocenters. The van der Waals surface area contributed by atoms with Gasteiger partial charge in [0.25, 0.3) is 5.56 Å². The zero-order valence-corrected chi connectivity index (χ0v) is 15.3. The van der Waals surface area contributed by atoms with Crippen LogP contribution < -0.4 is 20.3 Å². The molecule has 1 amide bonds. The van der Waals surface area contributed by atoms with E-state index in [0.717, 1.165) is 0 Å². The molecule has 3 aromatic rings. The largest absolute Gasteiger partial charge is 0.497 e. The first kappa shape index (κ1) is 18.4. The van der Waals surface area contributed by atoms with Gasteiger partial charge in [0.15, 0.2) is 0 Å². The van der Waals surface area contributed by atoms with Gasteiger partial charge < -0.3 is 14.8 Å². The summed E-state index contributed by atoms with van der Waals surface area (Å²) in [5, 5.41) is 8.29. The molecule has 0 saturated carbocycles. The van der Waals surface area contributed by atoms with Gasteiger partial charge in [-0.05, 0) is 18.2 Å². The summed E-state index contributed by atoms with van der Waals surface area (Å²) in [6.07, 6.45) is 0.0911. The van der Waals surface area contributed by atoms with Crippen LogP contribution in [0.25, 0.3) is 10.8 Å². The normalized spacial score (nSPS) is 10.6. The number of hydrogen-bond acceptors (Lipinski definition) is 5. The van der Waals surface area contributed by atoms with E-state index in [9.17, 15) is 9.59 Å². The molecule has 1 N–H and O–H groups in total. The first-order chi connectivity index (χ1) is 13.1. The summed E-state index contributed by atoms with van der Waals surface area (Å²) < 4.78 is 12.0. The fraction of sp³-hybridized carbons (Fsp3) is 0.250. The summed E-state index contributed by atoms with van der Waals surface area (Å²) >= 11 is 0. The smallest absolute Gasteiger partial charge is 0.274 e. The molecular formula is C20H21N3O4. The van der Waals surface area contributed by atoms with Gasteiger partial charge in [0.05, 0.1) is 31.2 Å². The molecule has 27 heavy (non-hydrogen) atoms. The SMILES string of the molecule is COc1cccc(OCCNC(=O)Cc2nn(C)c(=O)c3ccccc23)c1. The predicted molar refractivity (Wildman–Crippen MR) is 102 cm³/mol. The van der Waals surface area contributed by atoms with Gasteiger partial charge in [-0.25, -0.2) is 4.68 Å². The van der Waals surface area contributed by atoms with Crippen LogP contribution in [0.5, 0.6) is 11.5 Å². The third-order valence-corrected chi connectivity index (χ3v) is 4.10. The van der Waals surface area contributed by atoms with Gasteiger partial charge in [-0.15, -0.1) is 0 Å². The fourth-order valence-corrected chi connectivity index (χ4v) is 2.77. The maximum atomic E-state index is 12.3. The number of hydrogen-bond donors (Lipinski definition) is 1. The van der Waals surface area contributed by atoms with Crippen LogP contribution >= 0.6 is 0 Å². The molecule has 0 saturated heterocycles. The Kier molecular flexibility index (Phi) is 5.71. The van der Waals surface area contributed by atoms with Gasteiger partial charge in [-0.3, -0.25) is 9.59 Å². The number of benzene rings is 2. The molecule has 0 fully saturated rings. The second-order valence-electron chi connectivity index (χ2n) is 5.98. The Balaban J connectivity index is 1.58. The van der Waals surface area contributed by atoms with E-state index < -0.39 is 0 Å². The van der Waals surface area contributed by atoms with Gasteiger partial charge in [0.2, 0.25) is 5.91 Å². The number of aromatic nitrogens is 2. The van der Waals surface area contributed by atoms with E-state index in [1.54, 1.807) is 38.4 Å². The molecule has 0 bridgehead atoms. The highest BCUT2D eigenvalue weighted by Gasteiger charge is 2.12. The van der Waals surface area contributed by atoms with Crippen LogP contribution in [0.4, 0.5) is 0 Å². The monoisotopic (exact) mass is 367 g/mol. The Hall–Kier alpha value is -3.35. The number of nitrogens with one attached hydrogen (secondary N) is 1. The number of ether oxygens (including phenoxy) is 2. The van der Waals surface area contributed by atoms with Crippen LogP contribution in [-0.2, 0) is 18.3 Å². The van der Waals surface area contributed by atoms with Crippen molar-refractivity contribution in [1.29, 1.82) is 0 Å². The lowest BCUT2D eigenvalue weighted by Crippen LogP contribution is -2.31. The molecule has 1 heterocycles. The number of amides is 1. The molecule has 3 rings (SSSR count). The summed E-state index contributed by atoms with van der Waals surface area (Å²) in [4.78, 5) is 24.4. The molecule has 7 heteroatoms.